The molecule has 1 N–H and O–H groups in total. The molecule has 1 aromatic heterocycles. The van der Waals surface area contributed by atoms with Crippen LogP contribution in [0.5, 0.6) is 0 Å². The van der Waals surface area contributed by atoms with Crippen molar-refractivity contribution in [3.05, 3.63) is 15.6 Å². The molecule has 0 saturated heterocycles. The van der Waals surface area contributed by atoms with E-state index in [-0.39, 0.29) is 6.61 Å². The van der Waals surface area contributed by atoms with Gasteiger partial charge in [-0.15, -0.1) is 11.3 Å². The van der Waals surface area contributed by atoms with Crippen LogP contribution in [0.25, 0.3) is 0 Å². The number of thiazole rings is 1. The van der Waals surface area contributed by atoms with Crippen LogP contribution in [0.15, 0.2) is 0 Å². The predicted molar refractivity (Wildman–Crippen MR) is 55.6 cm³/mol. The standard InChI is InChI=1S/C10H15NO2S/c1-13-5-4-9-11-10(7-2-3-7)8(6-12)14-9/h7,12H,2-6H2,1H3. The Labute approximate surface area is 87.7 Å². The molecule has 0 aliphatic heterocycles. The van der Waals surface area contributed by atoms with Crippen LogP contribution in [0.3, 0.4) is 0 Å². The van der Waals surface area contributed by atoms with Gasteiger partial charge in [0.15, 0.2) is 0 Å². The van der Waals surface area contributed by atoms with E-state index >= 15 is 0 Å². The quantitative estimate of drug-likeness (QED) is 0.809. The zero-order valence-corrected chi connectivity index (χ0v) is 9.14. The number of methoxy groups -OCH3 is 1. The minimum absolute atomic E-state index is 0.135. The highest BCUT2D eigenvalue weighted by Gasteiger charge is 2.29. The molecule has 1 aliphatic carbocycles. The summed E-state index contributed by atoms with van der Waals surface area (Å²) < 4.78 is 5.01. The van der Waals surface area contributed by atoms with E-state index in [4.69, 9.17) is 4.74 Å². The normalized spacial score (nSPS) is 16.1. The van der Waals surface area contributed by atoms with Gasteiger partial charge in [0, 0.05) is 19.4 Å². The average Bonchev–Trinajstić information content (AvgIpc) is 2.96. The molecular formula is C10H15NO2S. The third kappa shape index (κ3) is 2.13. The lowest BCUT2D eigenvalue weighted by molar-refractivity contribution is 0.202. The molecule has 1 fully saturated rings. The van der Waals surface area contributed by atoms with Crippen LogP contribution in [0.2, 0.25) is 0 Å². The number of rotatable bonds is 5. The molecule has 78 valence electrons. The average molecular weight is 213 g/mol. The molecule has 3 nitrogen and oxygen atoms in total. The summed E-state index contributed by atoms with van der Waals surface area (Å²) in [7, 11) is 1.70. The van der Waals surface area contributed by atoms with Crippen LogP contribution in [-0.4, -0.2) is 23.8 Å². The molecule has 1 aromatic rings. The Morgan fingerprint density at radius 1 is 1.57 bits per heavy atom. The van der Waals surface area contributed by atoms with Crippen molar-refractivity contribution in [2.45, 2.75) is 31.8 Å². The number of hydrogen-bond acceptors (Lipinski definition) is 4. The maximum atomic E-state index is 9.17. The highest BCUT2D eigenvalue weighted by Crippen LogP contribution is 2.42. The first-order valence-electron chi connectivity index (χ1n) is 4.93. The molecule has 2 rings (SSSR count). The molecule has 0 unspecified atom stereocenters. The maximum Gasteiger partial charge on any atom is 0.0955 e. The van der Waals surface area contributed by atoms with E-state index in [1.807, 2.05) is 0 Å². The van der Waals surface area contributed by atoms with Crippen molar-refractivity contribution in [2.24, 2.45) is 0 Å². The zero-order valence-electron chi connectivity index (χ0n) is 8.32. The van der Waals surface area contributed by atoms with Gasteiger partial charge in [-0.25, -0.2) is 4.98 Å². The van der Waals surface area contributed by atoms with Gasteiger partial charge in [-0.2, -0.15) is 0 Å². The van der Waals surface area contributed by atoms with Crippen LogP contribution in [0, 0.1) is 0 Å². The summed E-state index contributed by atoms with van der Waals surface area (Å²) in [5.74, 6) is 0.629. The summed E-state index contributed by atoms with van der Waals surface area (Å²) >= 11 is 1.63. The molecule has 0 amide bonds. The van der Waals surface area contributed by atoms with E-state index in [1.165, 1.54) is 12.8 Å². The Kier molecular flexibility index (Phi) is 3.15. The van der Waals surface area contributed by atoms with Crippen molar-refractivity contribution in [2.75, 3.05) is 13.7 Å². The fraction of sp³-hybridized carbons (Fsp3) is 0.700. The van der Waals surface area contributed by atoms with Gasteiger partial charge in [0.05, 0.1) is 28.8 Å². The van der Waals surface area contributed by atoms with Crippen molar-refractivity contribution in [1.82, 2.24) is 4.98 Å². The smallest absolute Gasteiger partial charge is 0.0955 e. The Morgan fingerprint density at radius 2 is 2.36 bits per heavy atom. The molecule has 0 aromatic carbocycles. The fourth-order valence-corrected chi connectivity index (χ4v) is 2.49. The molecule has 1 heterocycles. The number of ether oxygens (including phenoxy) is 1. The van der Waals surface area contributed by atoms with E-state index < -0.39 is 0 Å². The van der Waals surface area contributed by atoms with E-state index in [1.54, 1.807) is 18.4 Å². The van der Waals surface area contributed by atoms with E-state index in [0.29, 0.717) is 12.5 Å². The van der Waals surface area contributed by atoms with E-state index in [0.717, 1.165) is 22.0 Å². The molecule has 0 radical (unpaired) electrons. The van der Waals surface area contributed by atoms with Gasteiger partial charge < -0.3 is 9.84 Å². The Bertz CT molecular complexity index is 307. The SMILES string of the molecule is COCCc1nc(C2CC2)c(CO)s1. The van der Waals surface area contributed by atoms with Gasteiger partial charge in [-0.05, 0) is 12.8 Å². The van der Waals surface area contributed by atoms with E-state index in [9.17, 15) is 5.11 Å². The second kappa shape index (κ2) is 4.38. The van der Waals surface area contributed by atoms with E-state index in [2.05, 4.69) is 4.98 Å². The molecule has 0 spiro atoms. The second-order valence-electron chi connectivity index (χ2n) is 3.59. The van der Waals surface area contributed by atoms with Crippen molar-refractivity contribution >= 4 is 11.3 Å². The van der Waals surface area contributed by atoms with Crippen LogP contribution < -0.4 is 0 Å². The van der Waals surface area contributed by atoms with Crippen molar-refractivity contribution in [1.29, 1.82) is 0 Å². The molecule has 14 heavy (non-hydrogen) atoms. The predicted octanol–water partition coefficient (Wildman–Crippen LogP) is 1.70. The topological polar surface area (TPSA) is 42.4 Å². The van der Waals surface area contributed by atoms with Crippen molar-refractivity contribution in [3.63, 3.8) is 0 Å². The summed E-state index contributed by atoms with van der Waals surface area (Å²) in [5, 5.41) is 10.3. The van der Waals surface area contributed by atoms with Gasteiger partial charge in [-0.1, -0.05) is 0 Å². The Balaban J connectivity index is 2.09. The van der Waals surface area contributed by atoms with Crippen molar-refractivity contribution in [3.8, 4) is 0 Å². The Hall–Kier alpha value is -0.450. The number of aliphatic hydroxyl groups is 1. The van der Waals surface area contributed by atoms with Crippen molar-refractivity contribution < 1.29 is 9.84 Å². The molecule has 4 heteroatoms. The first kappa shape index (κ1) is 10.1. The Morgan fingerprint density at radius 3 is 2.93 bits per heavy atom. The number of nitrogens with zero attached hydrogens (tertiary/aromatic N) is 1. The minimum atomic E-state index is 0.135. The molecule has 1 saturated carbocycles. The van der Waals surface area contributed by atoms with Crippen LogP contribution in [-0.2, 0) is 17.8 Å². The minimum Gasteiger partial charge on any atom is -0.391 e. The lowest BCUT2D eigenvalue weighted by Gasteiger charge is -1.93. The highest BCUT2D eigenvalue weighted by atomic mass is 32.1. The highest BCUT2D eigenvalue weighted by molar-refractivity contribution is 7.11. The number of aliphatic hydroxyl groups excluding tert-OH is 1. The first-order valence-corrected chi connectivity index (χ1v) is 5.75. The summed E-state index contributed by atoms with van der Waals surface area (Å²) in [6.45, 7) is 0.846. The zero-order chi connectivity index (χ0) is 9.97. The summed E-state index contributed by atoms with van der Waals surface area (Å²) in [6.07, 6.45) is 3.34. The number of hydrogen-bond donors (Lipinski definition) is 1. The molecule has 1 aliphatic rings. The maximum absolute atomic E-state index is 9.17. The third-order valence-corrected chi connectivity index (χ3v) is 3.52. The molecule has 0 bridgehead atoms. The van der Waals surface area contributed by atoms with Gasteiger partial charge in [0.25, 0.3) is 0 Å². The van der Waals surface area contributed by atoms with Crippen LogP contribution in [0.1, 0.15) is 34.3 Å². The summed E-state index contributed by atoms with van der Waals surface area (Å²) in [5.41, 5.74) is 1.14. The lowest BCUT2D eigenvalue weighted by atomic mass is 10.2. The van der Waals surface area contributed by atoms with Crippen LogP contribution in [0.4, 0.5) is 0 Å². The summed E-state index contributed by atoms with van der Waals surface area (Å²) in [6, 6.07) is 0. The largest absolute Gasteiger partial charge is 0.391 e. The second-order valence-corrected chi connectivity index (χ2v) is 4.76. The summed E-state index contributed by atoms with van der Waals surface area (Å²) in [4.78, 5) is 5.61. The van der Waals surface area contributed by atoms with Crippen LogP contribution >= 0.6 is 11.3 Å². The monoisotopic (exact) mass is 213 g/mol. The fourth-order valence-electron chi connectivity index (χ4n) is 1.50. The van der Waals surface area contributed by atoms with Gasteiger partial charge >= 0.3 is 0 Å². The van der Waals surface area contributed by atoms with Gasteiger partial charge in [-0.3, -0.25) is 0 Å². The lowest BCUT2D eigenvalue weighted by Crippen LogP contribution is -1.94. The van der Waals surface area contributed by atoms with Gasteiger partial charge in [0.2, 0.25) is 0 Å². The molecular weight excluding hydrogens is 198 g/mol. The molecule has 0 atom stereocenters. The first-order chi connectivity index (χ1) is 6.85. The number of aromatic nitrogens is 1. The third-order valence-electron chi connectivity index (χ3n) is 2.40. The van der Waals surface area contributed by atoms with Gasteiger partial charge in [0.1, 0.15) is 0 Å².